The van der Waals surface area contributed by atoms with Crippen molar-refractivity contribution in [2.75, 3.05) is 19.0 Å². The van der Waals surface area contributed by atoms with Gasteiger partial charge in [-0.25, -0.2) is 8.42 Å². The summed E-state index contributed by atoms with van der Waals surface area (Å²) in [5.41, 5.74) is 0. The molecule has 0 saturated carbocycles. The van der Waals surface area contributed by atoms with Crippen molar-refractivity contribution in [1.82, 2.24) is 0 Å². The topological polar surface area (TPSA) is 43.4 Å². The normalized spacial score (nSPS) is 11.6. The third kappa shape index (κ3) is 5.33. The van der Waals surface area contributed by atoms with Crippen LogP contribution in [0.5, 0.6) is 0 Å². The van der Waals surface area contributed by atoms with Gasteiger partial charge in [-0.1, -0.05) is 38.0 Å². The van der Waals surface area contributed by atoms with E-state index in [-0.39, 0.29) is 12.4 Å². The van der Waals surface area contributed by atoms with Gasteiger partial charge in [0.15, 0.2) is 9.84 Å². The van der Waals surface area contributed by atoms with Gasteiger partial charge in [-0.3, -0.25) is 0 Å². The molecule has 0 aliphatic rings. The molecule has 0 aliphatic carbocycles. The molecular formula is C13H20O3S. The Balaban J connectivity index is 2.31. The number of ether oxygens (including phenoxy) is 1. The Morgan fingerprint density at radius 2 is 1.76 bits per heavy atom. The fourth-order valence-corrected chi connectivity index (χ4v) is 2.62. The zero-order valence-corrected chi connectivity index (χ0v) is 11.1. The summed E-state index contributed by atoms with van der Waals surface area (Å²) in [5.74, 6) is 0.0587. The Labute approximate surface area is 104 Å². The van der Waals surface area contributed by atoms with Crippen LogP contribution in [0.3, 0.4) is 0 Å². The van der Waals surface area contributed by atoms with Crippen molar-refractivity contribution < 1.29 is 13.2 Å². The van der Waals surface area contributed by atoms with Crippen LogP contribution in [0.15, 0.2) is 35.2 Å². The first-order chi connectivity index (χ1) is 8.17. The molecule has 0 radical (unpaired) electrons. The molecule has 0 bridgehead atoms. The highest BCUT2D eigenvalue weighted by Crippen LogP contribution is 2.09. The van der Waals surface area contributed by atoms with Gasteiger partial charge in [-0.2, -0.15) is 0 Å². The van der Waals surface area contributed by atoms with E-state index in [1.807, 2.05) is 0 Å². The van der Waals surface area contributed by atoms with Gasteiger partial charge >= 0.3 is 0 Å². The van der Waals surface area contributed by atoms with Gasteiger partial charge in [0, 0.05) is 6.61 Å². The lowest BCUT2D eigenvalue weighted by Gasteiger charge is -2.05. The monoisotopic (exact) mass is 256 g/mol. The average molecular weight is 256 g/mol. The molecule has 0 atom stereocenters. The highest BCUT2D eigenvalue weighted by Gasteiger charge is 2.12. The van der Waals surface area contributed by atoms with Gasteiger partial charge < -0.3 is 4.74 Å². The first-order valence-corrected chi connectivity index (χ1v) is 7.67. The molecule has 0 N–H and O–H groups in total. The number of benzene rings is 1. The lowest BCUT2D eigenvalue weighted by molar-refractivity contribution is 0.144. The molecule has 0 heterocycles. The van der Waals surface area contributed by atoms with E-state index in [0.717, 1.165) is 19.3 Å². The quantitative estimate of drug-likeness (QED) is 0.672. The molecule has 0 aromatic heterocycles. The zero-order chi connectivity index (χ0) is 12.6. The first kappa shape index (κ1) is 14.2. The van der Waals surface area contributed by atoms with Gasteiger partial charge in [0.25, 0.3) is 0 Å². The van der Waals surface area contributed by atoms with Crippen LogP contribution < -0.4 is 0 Å². The van der Waals surface area contributed by atoms with Crippen LogP contribution in [0, 0.1) is 0 Å². The van der Waals surface area contributed by atoms with Crippen molar-refractivity contribution in [1.29, 1.82) is 0 Å². The number of hydrogen-bond donors (Lipinski definition) is 0. The van der Waals surface area contributed by atoms with Crippen molar-refractivity contribution in [3.8, 4) is 0 Å². The smallest absolute Gasteiger partial charge is 0.180 e. The predicted molar refractivity (Wildman–Crippen MR) is 68.8 cm³/mol. The maximum Gasteiger partial charge on any atom is 0.180 e. The minimum Gasteiger partial charge on any atom is -0.380 e. The van der Waals surface area contributed by atoms with Crippen LogP contribution in [0.2, 0.25) is 0 Å². The zero-order valence-electron chi connectivity index (χ0n) is 10.3. The maximum absolute atomic E-state index is 11.8. The van der Waals surface area contributed by atoms with E-state index in [9.17, 15) is 8.42 Å². The number of rotatable bonds is 8. The molecule has 96 valence electrons. The Bertz CT molecular complexity index is 398. The van der Waals surface area contributed by atoms with E-state index >= 15 is 0 Å². The second-order valence-electron chi connectivity index (χ2n) is 3.95. The molecular weight excluding hydrogens is 236 g/mol. The van der Waals surface area contributed by atoms with E-state index < -0.39 is 9.84 Å². The Hall–Kier alpha value is -0.870. The van der Waals surface area contributed by atoms with Crippen molar-refractivity contribution in [2.24, 2.45) is 0 Å². The molecule has 17 heavy (non-hydrogen) atoms. The molecule has 0 saturated heterocycles. The first-order valence-electron chi connectivity index (χ1n) is 6.02. The summed E-state index contributed by atoms with van der Waals surface area (Å²) in [5, 5.41) is 0. The summed E-state index contributed by atoms with van der Waals surface area (Å²) in [6, 6.07) is 8.50. The minimum absolute atomic E-state index is 0.0587. The summed E-state index contributed by atoms with van der Waals surface area (Å²) in [6.45, 7) is 3.05. The highest BCUT2D eigenvalue weighted by molar-refractivity contribution is 7.91. The third-order valence-electron chi connectivity index (χ3n) is 2.49. The van der Waals surface area contributed by atoms with E-state index in [0.29, 0.717) is 11.5 Å². The van der Waals surface area contributed by atoms with E-state index in [4.69, 9.17) is 4.74 Å². The lowest BCUT2D eigenvalue weighted by Crippen LogP contribution is -2.12. The maximum atomic E-state index is 11.8. The SMILES string of the molecule is CCCCCOCCS(=O)(=O)c1ccccc1. The fraction of sp³-hybridized carbons (Fsp3) is 0.538. The molecule has 0 fully saturated rings. The summed E-state index contributed by atoms with van der Waals surface area (Å²) in [4.78, 5) is 0.372. The number of hydrogen-bond acceptors (Lipinski definition) is 3. The lowest BCUT2D eigenvalue weighted by atomic mass is 10.3. The second kappa shape index (κ2) is 7.45. The summed E-state index contributed by atoms with van der Waals surface area (Å²) in [7, 11) is -3.18. The molecule has 0 spiro atoms. The predicted octanol–water partition coefficient (Wildman–Crippen LogP) is 2.67. The van der Waals surface area contributed by atoms with Gasteiger partial charge in [-0.05, 0) is 18.6 Å². The van der Waals surface area contributed by atoms with Crippen LogP contribution in [0.1, 0.15) is 26.2 Å². The van der Waals surface area contributed by atoms with Crippen molar-refractivity contribution in [3.05, 3.63) is 30.3 Å². The van der Waals surface area contributed by atoms with Crippen molar-refractivity contribution in [2.45, 2.75) is 31.1 Å². The minimum atomic E-state index is -3.18. The molecule has 0 unspecified atom stereocenters. The molecule has 1 aromatic rings. The number of sulfone groups is 1. The Morgan fingerprint density at radius 3 is 2.41 bits per heavy atom. The van der Waals surface area contributed by atoms with Crippen LogP contribution in [0.25, 0.3) is 0 Å². The summed E-state index contributed by atoms with van der Waals surface area (Å²) >= 11 is 0. The van der Waals surface area contributed by atoms with E-state index in [1.54, 1.807) is 30.3 Å². The van der Waals surface area contributed by atoms with Crippen LogP contribution >= 0.6 is 0 Å². The fourth-order valence-electron chi connectivity index (χ4n) is 1.47. The summed E-state index contributed by atoms with van der Waals surface area (Å²) in [6.07, 6.45) is 3.28. The van der Waals surface area contributed by atoms with Crippen molar-refractivity contribution >= 4 is 9.84 Å². The van der Waals surface area contributed by atoms with Crippen LogP contribution in [0.4, 0.5) is 0 Å². The van der Waals surface area contributed by atoms with Crippen LogP contribution in [-0.2, 0) is 14.6 Å². The van der Waals surface area contributed by atoms with Crippen molar-refractivity contribution in [3.63, 3.8) is 0 Å². The average Bonchev–Trinajstić information content (AvgIpc) is 2.35. The molecule has 3 nitrogen and oxygen atoms in total. The van der Waals surface area contributed by atoms with E-state index in [1.165, 1.54) is 0 Å². The van der Waals surface area contributed by atoms with Crippen LogP contribution in [-0.4, -0.2) is 27.4 Å². The molecule has 0 amide bonds. The molecule has 0 aliphatic heterocycles. The third-order valence-corrected chi connectivity index (χ3v) is 4.19. The second-order valence-corrected chi connectivity index (χ2v) is 6.06. The van der Waals surface area contributed by atoms with Gasteiger partial charge in [0.1, 0.15) is 0 Å². The Morgan fingerprint density at radius 1 is 1.06 bits per heavy atom. The van der Waals surface area contributed by atoms with E-state index in [2.05, 4.69) is 6.92 Å². The largest absolute Gasteiger partial charge is 0.380 e. The molecule has 1 rings (SSSR count). The van der Waals surface area contributed by atoms with Gasteiger partial charge in [0.05, 0.1) is 17.3 Å². The molecule has 1 aromatic carbocycles. The van der Waals surface area contributed by atoms with Gasteiger partial charge in [0.2, 0.25) is 0 Å². The molecule has 4 heteroatoms. The highest BCUT2D eigenvalue weighted by atomic mass is 32.2. The summed E-state index contributed by atoms with van der Waals surface area (Å²) < 4.78 is 29.0. The Kier molecular flexibility index (Phi) is 6.22. The van der Waals surface area contributed by atoms with Gasteiger partial charge in [-0.15, -0.1) is 0 Å². The standard InChI is InChI=1S/C13H20O3S/c1-2-3-7-10-16-11-12-17(14,15)13-8-5-4-6-9-13/h4-6,8-9H,2-3,7,10-12H2,1H3. The number of unbranched alkanes of at least 4 members (excludes halogenated alkanes) is 2.